The van der Waals surface area contributed by atoms with E-state index >= 15 is 0 Å². The fourth-order valence-electron chi connectivity index (χ4n) is 3.17. The van der Waals surface area contributed by atoms with Gasteiger partial charge >= 0.3 is 0 Å². The Morgan fingerprint density at radius 3 is 2.20 bits per heavy atom. The molecule has 0 saturated heterocycles. The highest BCUT2D eigenvalue weighted by Crippen LogP contribution is 2.27. The van der Waals surface area contributed by atoms with Gasteiger partial charge in [-0.05, 0) is 31.9 Å². The Bertz CT molecular complexity index is 637. The predicted octanol–water partition coefficient (Wildman–Crippen LogP) is 5.05. The van der Waals surface area contributed by atoms with Crippen LogP contribution in [-0.2, 0) is 14.6 Å². The molecule has 0 aromatic heterocycles. The van der Waals surface area contributed by atoms with Gasteiger partial charge in [-0.2, -0.15) is 0 Å². The van der Waals surface area contributed by atoms with E-state index in [-0.39, 0.29) is 6.10 Å². The molecule has 0 spiro atoms. The highest BCUT2D eigenvalue weighted by atomic mass is 32.2. The van der Waals surface area contributed by atoms with Crippen molar-refractivity contribution < 1.29 is 13.2 Å². The summed E-state index contributed by atoms with van der Waals surface area (Å²) in [5.41, 5.74) is 1.04. The van der Waals surface area contributed by atoms with Gasteiger partial charge in [0.2, 0.25) is 9.84 Å². The van der Waals surface area contributed by atoms with Crippen LogP contribution in [0.1, 0.15) is 70.3 Å². The lowest BCUT2D eigenvalue weighted by molar-refractivity contribution is 0.205. The molecule has 0 N–H and O–H groups in total. The van der Waals surface area contributed by atoms with Crippen molar-refractivity contribution in [2.45, 2.75) is 88.0 Å². The minimum Gasteiger partial charge on any atom is -0.477 e. The van der Waals surface area contributed by atoms with E-state index in [4.69, 9.17) is 4.74 Å². The molecule has 0 unspecified atom stereocenters. The topological polar surface area (TPSA) is 55.7 Å². The second-order valence-electron chi connectivity index (χ2n) is 6.94. The van der Waals surface area contributed by atoms with Gasteiger partial charge < -0.3 is 4.74 Å². The number of hydrogen-bond donors (Lipinski definition) is 0. The van der Waals surface area contributed by atoms with E-state index in [0.29, 0.717) is 4.90 Å². The maximum Gasteiger partial charge on any atom is 0.205 e. The summed E-state index contributed by atoms with van der Waals surface area (Å²) in [6.07, 6.45) is 11.5. The number of sulfone groups is 1. The number of benzene rings is 1. The molecular weight excluding hydrogens is 334 g/mol. The van der Waals surface area contributed by atoms with Gasteiger partial charge in [0.25, 0.3) is 0 Å². The first-order valence-electron chi connectivity index (χ1n) is 9.53. The Balaban J connectivity index is 1.79. The Morgan fingerprint density at radius 2 is 1.56 bits per heavy atom. The van der Waals surface area contributed by atoms with Crippen LogP contribution >= 0.6 is 0 Å². The molecule has 0 amide bonds. The number of nitrogens with zero attached hydrogens (tertiary/aromatic N) is 1. The number of aryl methyl sites for hydroxylation is 1. The monoisotopic (exact) mass is 365 g/mol. The Labute approximate surface area is 152 Å². The van der Waals surface area contributed by atoms with Crippen molar-refractivity contribution in [2.24, 2.45) is 4.99 Å². The number of hydrogen-bond acceptors (Lipinski definition) is 4. The van der Waals surface area contributed by atoms with Crippen LogP contribution in [0.2, 0.25) is 0 Å². The van der Waals surface area contributed by atoms with Crippen LogP contribution < -0.4 is 0 Å². The highest BCUT2D eigenvalue weighted by molar-refractivity contribution is 7.92. The van der Waals surface area contributed by atoms with Gasteiger partial charge in [0, 0.05) is 0 Å². The second-order valence-corrected chi connectivity index (χ2v) is 8.99. The SMILES string of the molecule is CCCCCCCCCC[C@@H]1OC=N[C@H]1S(=O)(=O)c1ccc(C)cc1. The Morgan fingerprint density at radius 1 is 0.960 bits per heavy atom. The largest absolute Gasteiger partial charge is 0.477 e. The van der Waals surface area contributed by atoms with Gasteiger partial charge in [0.1, 0.15) is 6.10 Å². The van der Waals surface area contributed by atoms with Crippen LogP contribution in [0.15, 0.2) is 34.2 Å². The summed E-state index contributed by atoms with van der Waals surface area (Å²) in [5.74, 6) is 0. The van der Waals surface area contributed by atoms with Crippen LogP contribution in [0, 0.1) is 6.92 Å². The van der Waals surface area contributed by atoms with Crippen LogP contribution in [-0.4, -0.2) is 26.3 Å². The van der Waals surface area contributed by atoms with E-state index in [1.165, 1.54) is 44.9 Å². The van der Waals surface area contributed by atoms with Gasteiger partial charge in [0.15, 0.2) is 11.8 Å². The molecule has 2 rings (SSSR count). The van der Waals surface area contributed by atoms with E-state index in [2.05, 4.69) is 11.9 Å². The molecule has 1 aromatic rings. The fourth-order valence-corrected chi connectivity index (χ4v) is 4.78. The highest BCUT2D eigenvalue weighted by Gasteiger charge is 2.38. The summed E-state index contributed by atoms with van der Waals surface area (Å²) in [5, 5.41) is -0.806. The lowest BCUT2D eigenvalue weighted by atomic mass is 10.1. The van der Waals surface area contributed by atoms with Crippen molar-refractivity contribution in [3.05, 3.63) is 29.8 Å². The maximum absolute atomic E-state index is 12.8. The zero-order valence-corrected chi connectivity index (χ0v) is 16.3. The minimum atomic E-state index is -3.49. The van der Waals surface area contributed by atoms with Crippen LogP contribution in [0.4, 0.5) is 0 Å². The predicted molar refractivity (Wildman–Crippen MR) is 103 cm³/mol. The van der Waals surface area contributed by atoms with Gasteiger partial charge in [-0.15, -0.1) is 0 Å². The summed E-state index contributed by atoms with van der Waals surface area (Å²) in [7, 11) is -3.49. The van der Waals surface area contributed by atoms with Crippen molar-refractivity contribution >= 4 is 16.2 Å². The molecule has 1 aliphatic rings. The van der Waals surface area contributed by atoms with Gasteiger partial charge in [-0.1, -0.05) is 69.6 Å². The van der Waals surface area contributed by atoms with Crippen molar-refractivity contribution in [1.29, 1.82) is 0 Å². The summed E-state index contributed by atoms with van der Waals surface area (Å²) < 4.78 is 31.1. The third-order valence-corrected chi connectivity index (χ3v) is 6.76. The molecule has 25 heavy (non-hydrogen) atoms. The van der Waals surface area contributed by atoms with Crippen LogP contribution in [0.3, 0.4) is 0 Å². The first-order valence-corrected chi connectivity index (χ1v) is 11.1. The van der Waals surface area contributed by atoms with E-state index in [1.54, 1.807) is 12.1 Å². The van der Waals surface area contributed by atoms with E-state index in [1.807, 2.05) is 19.1 Å². The normalized spacial score (nSPS) is 19.9. The average Bonchev–Trinajstić information content (AvgIpc) is 3.07. The number of rotatable bonds is 11. The standard InChI is InChI=1S/C20H31NO3S/c1-3-4-5-6-7-8-9-10-11-19-20(21-16-24-19)25(22,23)18-14-12-17(2)13-15-18/h12-16,19-20H,3-11H2,1-2H3/t19-,20-/m0/s1. The molecule has 140 valence electrons. The van der Waals surface area contributed by atoms with E-state index in [9.17, 15) is 8.42 Å². The third-order valence-electron chi connectivity index (χ3n) is 4.77. The summed E-state index contributed by atoms with van der Waals surface area (Å²) in [4.78, 5) is 4.43. The zero-order valence-electron chi connectivity index (χ0n) is 15.5. The van der Waals surface area contributed by atoms with E-state index in [0.717, 1.165) is 24.8 Å². The van der Waals surface area contributed by atoms with Crippen molar-refractivity contribution in [1.82, 2.24) is 0 Å². The molecule has 0 radical (unpaired) electrons. The van der Waals surface area contributed by atoms with Crippen molar-refractivity contribution in [2.75, 3.05) is 0 Å². The summed E-state index contributed by atoms with van der Waals surface area (Å²) >= 11 is 0. The average molecular weight is 366 g/mol. The molecule has 1 aliphatic heterocycles. The third kappa shape index (κ3) is 5.84. The van der Waals surface area contributed by atoms with E-state index < -0.39 is 15.2 Å². The Kier molecular flexibility index (Phi) is 7.94. The number of unbranched alkanes of at least 4 members (excludes halogenated alkanes) is 7. The van der Waals surface area contributed by atoms with Gasteiger partial charge in [-0.25, -0.2) is 13.4 Å². The van der Waals surface area contributed by atoms with Crippen molar-refractivity contribution in [3.8, 4) is 0 Å². The number of ether oxygens (including phenoxy) is 1. The summed E-state index contributed by atoms with van der Waals surface area (Å²) in [6, 6.07) is 6.96. The van der Waals surface area contributed by atoms with Crippen LogP contribution in [0.25, 0.3) is 0 Å². The Hall–Kier alpha value is -1.36. The second kappa shape index (κ2) is 9.95. The fraction of sp³-hybridized carbons (Fsp3) is 0.650. The maximum atomic E-state index is 12.8. The smallest absolute Gasteiger partial charge is 0.205 e. The zero-order chi connectivity index (χ0) is 18.1. The van der Waals surface area contributed by atoms with Gasteiger partial charge in [0.05, 0.1) is 4.90 Å². The number of aliphatic imine (C=N–C) groups is 1. The van der Waals surface area contributed by atoms with Gasteiger partial charge in [-0.3, -0.25) is 0 Å². The van der Waals surface area contributed by atoms with Crippen molar-refractivity contribution in [3.63, 3.8) is 0 Å². The molecule has 0 bridgehead atoms. The first-order chi connectivity index (χ1) is 12.1. The molecule has 2 atom stereocenters. The molecule has 5 heteroatoms. The van der Waals surface area contributed by atoms with Crippen LogP contribution in [0.5, 0.6) is 0 Å². The molecule has 0 fully saturated rings. The minimum absolute atomic E-state index is 0.326. The quantitative estimate of drug-likeness (QED) is 0.515. The lowest BCUT2D eigenvalue weighted by Gasteiger charge is -2.17. The molecule has 0 saturated carbocycles. The molecular formula is C20H31NO3S. The molecule has 0 aliphatic carbocycles. The molecule has 1 heterocycles. The molecule has 1 aromatic carbocycles. The first kappa shape index (κ1) is 20.0. The summed E-state index contributed by atoms with van der Waals surface area (Å²) in [6.45, 7) is 4.17. The molecule has 4 nitrogen and oxygen atoms in total. The lowest BCUT2D eigenvalue weighted by Crippen LogP contribution is -2.30.